The minimum atomic E-state index is -0.530. The van der Waals surface area contributed by atoms with E-state index in [-0.39, 0.29) is 11.6 Å². The first-order chi connectivity index (χ1) is 11.1. The minimum Gasteiger partial charge on any atom is -0.493 e. The lowest BCUT2D eigenvalue weighted by atomic mass is 10.1. The summed E-state index contributed by atoms with van der Waals surface area (Å²) in [5.74, 6) is -1.25. The molecule has 0 atom stereocenters. The SMILES string of the molecule is CCc1ccc(C(=O)N=Nc2c(O)[nH]c3ccc(F)cc23)cc1. The lowest BCUT2D eigenvalue weighted by molar-refractivity contribution is 0.0995. The average molecular weight is 311 g/mol. The number of aromatic hydroxyl groups is 1. The van der Waals surface area contributed by atoms with Crippen molar-refractivity contribution in [3.63, 3.8) is 0 Å². The zero-order chi connectivity index (χ0) is 16.4. The third-order valence-corrected chi connectivity index (χ3v) is 3.56. The number of nitrogens with one attached hydrogen (secondary N) is 1. The Labute approximate surface area is 131 Å². The van der Waals surface area contributed by atoms with Crippen LogP contribution in [0.25, 0.3) is 10.9 Å². The summed E-state index contributed by atoms with van der Waals surface area (Å²) in [6.07, 6.45) is 0.880. The van der Waals surface area contributed by atoms with E-state index in [9.17, 15) is 14.3 Å². The fraction of sp³-hybridized carbons (Fsp3) is 0.118. The van der Waals surface area contributed by atoms with Gasteiger partial charge in [-0.3, -0.25) is 4.79 Å². The van der Waals surface area contributed by atoms with Crippen molar-refractivity contribution in [1.82, 2.24) is 4.98 Å². The van der Waals surface area contributed by atoms with E-state index in [0.29, 0.717) is 16.5 Å². The second-order valence-corrected chi connectivity index (χ2v) is 5.07. The first kappa shape index (κ1) is 14.9. The number of fused-ring (bicyclic) bond motifs is 1. The number of aromatic amines is 1. The summed E-state index contributed by atoms with van der Waals surface area (Å²) in [7, 11) is 0. The maximum Gasteiger partial charge on any atom is 0.295 e. The van der Waals surface area contributed by atoms with Crippen molar-refractivity contribution < 1.29 is 14.3 Å². The number of nitrogens with zero attached hydrogens (tertiary/aromatic N) is 2. The summed E-state index contributed by atoms with van der Waals surface area (Å²) in [6.45, 7) is 2.02. The van der Waals surface area contributed by atoms with Crippen molar-refractivity contribution in [3.8, 4) is 5.88 Å². The van der Waals surface area contributed by atoms with Gasteiger partial charge in [-0.15, -0.1) is 10.2 Å². The van der Waals surface area contributed by atoms with Crippen LogP contribution in [0.1, 0.15) is 22.8 Å². The van der Waals surface area contributed by atoms with Crippen LogP contribution in [-0.4, -0.2) is 16.0 Å². The number of aryl methyl sites for hydroxylation is 1. The Morgan fingerprint density at radius 2 is 1.96 bits per heavy atom. The molecular formula is C17H14FN3O2. The number of hydrogen-bond acceptors (Lipinski definition) is 3. The smallest absolute Gasteiger partial charge is 0.295 e. The Kier molecular flexibility index (Phi) is 3.89. The van der Waals surface area contributed by atoms with Gasteiger partial charge in [0.15, 0.2) is 5.69 Å². The molecule has 5 nitrogen and oxygen atoms in total. The lowest BCUT2D eigenvalue weighted by Crippen LogP contribution is -1.93. The number of carbonyl (C=O) groups excluding carboxylic acids is 1. The molecule has 6 heteroatoms. The van der Waals surface area contributed by atoms with Gasteiger partial charge in [0, 0.05) is 10.9 Å². The first-order valence-corrected chi connectivity index (χ1v) is 7.13. The van der Waals surface area contributed by atoms with Crippen molar-refractivity contribution in [2.24, 2.45) is 10.2 Å². The molecule has 0 aliphatic rings. The summed E-state index contributed by atoms with van der Waals surface area (Å²) in [4.78, 5) is 14.7. The van der Waals surface area contributed by atoms with Crippen molar-refractivity contribution in [2.45, 2.75) is 13.3 Å². The Bertz CT molecular complexity index is 898. The molecule has 3 aromatic rings. The lowest BCUT2D eigenvalue weighted by Gasteiger charge is -1.97. The third-order valence-electron chi connectivity index (χ3n) is 3.56. The predicted molar refractivity (Wildman–Crippen MR) is 84.6 cm³/mol. The number of rotatable bonds is 3. The molecule has 1 amide bonds. The van der Waals surface area contributed by atoms with Gasteiger partial charge in [-0.05, 0) is 42.3 Å². The maximum absolute atomic E-state index is 13.3. The molecule has 0 radical (unpaired) electrons. The van der Waals surface area contributed by atoms with E-state index >= 15 is 0 Å². The van der Waals surface area contributed by atoms with Crippen LogP contribution in [0.3, 0.4) is 0 Å². The van der Waals surface area contributed by atoms with E-state index in [0.717, 1.165) is 12.0 Å². The summed E-state index contributed by atoms with van der Waals surface area (Å²) in [6, 6.07) is 11.0. The standard InChI is InChI=1S/C17H14FN3O2/c1-2-10-3-5-11(6-4-10)16(22)21-20-15-13-9-12(18)7-8-14(13)19-17(15)23/h3-9,19,23H,2H2,1H3. The Hall–Kier alpha value is -3.02. The van der Waals surface area contributed by atoms with Crippen molar-refractivity contribution in [3.05, 3.63) is 59.4 Å². The molecule has 0 bridgehead atoms. The first-order valence-electron chi connectivity index (χ1n) is 7.13. The van der Waals surface area contributed by atoms with E-state index in [1.54, 1.807) is 12.1 Å². The molecule has 0 saturated carbocycles. The molecule has 0 fully saturated rings. The topological polar surface area (TPSA) is 77.8 Å². The number of halogens is 1. The van der Waals surface area contributed by atoms with Crippen molar-refractivity contribution in [1.29, 1.82) is 0 Å². The van der Waals surface area contributed by atoms with Gasteiger partial charge in [0.25, 0.3) is 5.91 Å². The largest absolute Gasteiger partial charge is 0.493 e. The van der Waals surface area contributed by atoms with Crippen LogP contribution < -0.4 is 0 Å². The van der Waals surface area contributed by atoms with Gasteiger partial charge in [-0.2, -0.15) is 0 Å². The summed E-state index contributed by atoms with van der Waals surface area (Å²) in [5.41, 5.74) is 2.07. The van der Waals surface area contributed by atoms with Crippen LogP contribution in [0.15, 0.2) is 52.7 Å². The number of H-pyrrole nitrogens is 1. The monoisotopic (exact) mass is 311 g/mol. The summed E-state index contributed by atoms with van der Waals surface area (Å²) < 4.78 is 13.3. The van der Waals surface area contributed by atoms with Crippen molar-refractivity contribution in [2.75, 3.05) is 0 Å². The van der Waals surface area contributed by atoms with Gasteiger partial charge in [0.05, 0.1) is 5.52 Å². The van der Waals surface area contributed by atoms with E-state index in [1.807, 2.05) is 19.1 Å². The number of carbonyl (C=O) groups is 1. The molecule has 23 heavy (non-hydrogen) atoms. The molecule has 2 N–H and O–H groups in total. The number of azo groups is 1. The number of hydrogen-bond donors (Lipinski definition) is 2. The molecule has 0 aliphatic heterocycles. The number of benzene rings is 2. The molecule has 116 valence electrons. The van der Waals surface area contributed by atoms with Gasteiger partial charge < -0.3 is 10.1 Å². The molecule has 1 aromatic heterocycles. The second-order valence-electron chi connectivity index (χ2n) is 5.07. The van der Waals surface area contributed by atoms with Crippen LogP contribution in [-0.2, 0) is 6.42 Å². The predicted octanol–water partition coefficient (Wildman–Crippen LogP) is 4.50. The fourth-order valence-electron chi connectivity index (χ4n) is 2.27. The summed E-state index contributed by atoms with van der Waals surface area (Å²) >= 11 is 0. The second kappa shape index (κ2) is 6.00. The van der Waals surface area contributed by atoms with Crippen LogP contribution in [0.2, 0.25) is 0 Å². The highest BCUT2D eigenvalue weighted by atomic mass is 19.1. The minimum absolute atomic E-state index is 0.0398. The van der Waals surface area contributed by atoms with Crippen LogP contribution in [0, 0.1) is 5.82 Å². The summed E-state index contributed by atoms with van der Waals surface area (Å²) in [5, 5.41) is 17.6. The van der Waals surface area contributed by atoms with Crippen LogP contribution in [0.5, 0.6) is 5.88 Å². The Balaban J connectivity index is 1.91. The zero-order valence-electron chi connectivity index (χ0n) is 12.4. The van der Waals surface area contributed by atoms with Gasteiger partial charge >= 0.3 is 0 Å². The van der Waals surface area contributed by atoms with E-state index in [2.05, 4.69) is 15.2 Å². The number of aromatic nitrogens is 1. The fourth-order valence-corrected chi connectivity index (χ4v) is 2.27. The Morgan fingerprint density at radius 1 is 1.22 bits per heavy atom. The molecule has 0 saturated heterocycles. The van der Waals surface area contributed by atoms with Crippen molar-refractivity contribution >= 4 is 22.5 Å². The normalized spacial score (nSPS) is 11.4. The molecule has 1 heterocycles. The van der Waals surface area contributed by atoms with E-state index in [1.165, 1.54) is 18.2 Å². The number of amides is 1. The van der Waals surface area contributed by atoms with Gasteiger partial charge in [-0.25, -0.2) is 4.39 Å². The molecule has 0 unspecified atom stereocenters. The quantitative estimate of drug-likeness (QED) is 0.699. The maximum atomic E-state index is 13.3. The molecule has 0 aliphatic carbocycles. The van der Waals surface area contributed by atoms with Gasteiger partial charge in [0.2, 0.25) is 5.88 Å². The molecular weight excluding hydrogens is 297 g/mol. The highest BCUT2D eigenvalue weighted by molar-refractivity contribution is 5.97. The van der Waals surface area contributed by atoms with Crippen LogP contribution in [0.4, 0.5) is 10.1 Å². The molecule has 0 spiro atoms. The van der Waals surface area contributed by atoms with Crippen LogP contribution >= 0.6 is 0 Å². The average Bonchev–Trinajstić information content (AvgIpc) is 2.87. The molecule has 2 aromatic carbocycles. The highest BCUT2D eigenvalue weighted by Gasteiger charge is 2.12. The highest BCUT2D eigenvalue weighted by Crippen LogP contribution is 2.35. The molecule has 3 rings (SSSR count). The Morgan fingerprint density at radius 3 is 2.65 bits per heavy atom. The van der Waals surface area contributed by atoms with Gasteiger partial charge in [-0.1, -0.05) is 19.1 Å². The zero-order valence-corrected chi connectivity index (χ0v) is 12.4. The van der Waals surface area contributed by atoms with E-state index < -0.39 is 11.7 Å². The third kappa shape index (κ3) is 2.96. The van der Waals surface area contributed by atoms with E-state index in [4.69, 9.17) is 0 Å². The van der Waals surface area contributed by atoms with Gasteiger partial charge in [0.1, 0.15) is 5.82 Å².